The molecule has 5 nitrogen and oxygen atoms in total. The third-order valence-corrected chi connectivity index (χ3v) is 5.35. The molecule has 10 heteroatoms. The third kappa shape index (κ3) is 3.03. The summed E-state index contributed by atoms with van der Waals surface area (Å²) in [7, 11) is 0. The van der Waals surface area contributed by atoms with Crippen molar-refractivity contribution in [1.29, 1.82) is 0 Å². The number of hydrogen-bond acceptors (Lipinski definition) is 7. The Bertz CT molecular complexity index is 797. The number of thiophene rings is 1. The monoisotopic (exact) mass is 358 g/mol. The molecule has 0 aliphatic carbocycles. The first-order valence-corrected chi connectivity index (χ1v) is 8.55. The molecule has 0 aliphatic rings. The molecule has 0 atom stereocenters. The number of thiazole rings is 1. The molecule has 0 spiro atoms. The van der Waals surface area contributed by atoms with Gasteiger partial charge in [0.15, 0.2) is 5.01 Å². The molecule has 0 saturated heterocycles. The van der Waals surface area contributed by atoms with Crippen LogP contribution in [0, 0.1) is 6.92 Å². The van der Waals surface area contributed by atoms with Crippen LogP contribution in [0.2, 0.25) is 0 Å². The number of hydrogen-bond donors (Lipinski definition) is 1. The Labute approximate surface area is 135 Å². The zero-order valence-electron chi connectivity index (χ0n) is 11.0. The molecule has 3 rings (SSSR count). The quantitative estimate of drug-likeness (QED) is 0.758. The van der Waals surface area contributed by atoms with E-state index in [4.69, 9.17) is 0 Å². The highest BCUT2D eigenvalue weighted by Gasteiger charge is 2.19. The Kier molecular flexibility index (Phi) is 4.23. The van der Waals surface area contributed by atoms with Crippen LogP contribution >= 0.6 is 34.0 Å². The fourth-order valence-electron chi connectivity index (χ4n) is 1.64. The van der Waals surface area contributed by atoms with E-state index >= 15 is 0 Å². The lowest BCUT2D eigenvalue weighted by Gasteiger charge is -1.97. The van der Waals surface area contributed by atoms with Crippen molar-refractivity contribution in [3.05, 3.63) is 32.4 Å². The van der Waals surface area contributed by atoms with Crippen LogP contribution in [0.5, 0.6) is 0 Å². The fraction of sp³-hybridized carbons (Fsp3) is 0.167. The summed E-state index contributed by atoms with van der Waals surface area (Å²) in [6.07, 6.45) is -2.70. The number of rotatable bonds is 4. The minimum atomic E-state index is -2.70. The second kappa shape index (κ2) is 6.15. The summed E-state index contributed by atoms with van der Waals surface area (Å²) in [4.78, 5) is 17.0. The maximum absolute atomic E-state index is 12.5. The summed E-state index contributed by atoms with van der Waals surface area (Å²) in [5.74, 6) is -0.423. The number of aromatic nitrogens is 3. The lowest BCUT2D eigenvalue weighted by molar-refractivity contribution is 0.102. The highest BCUT2D eigenvalue weighted by Crippen LogP contribution is 2.30. The maximum Gasteiger partial charge on any atom is 0.291 e. The molecule has 0 unspecified atom stereocenters. The number of aryl methyl sites for hydroxylation is 1. The van der Waals surface area contributed by atoms with Crippen LogP contribution in [0.25, 0.3) is 10.6 Å². The molecule has 0 aromatic carbocycles. The van der Waals surface area contributed by atoms with Crippen molar-refractivity contribution in [2.75, 3.05) is 5.32 Å². The first-order chi connectivity index (χ1) is 10.5. The maximum atomic E-state index is 12.5. The average Bonchev–Trinajstić information content (AvgIpc) is 3.16. The van der Waals surface area contributed by atoms with E-state index in [1.54, 1.807) is 18.3 Å². The van der Waals surface area contributed by atoms with Gasteiger partial charge in [0, 0.05) is 10.9 Å². The molecule has 1 amide bonds. The van der Waals surface area contributed by atoms with Gasteiger partial charge in [-0.1, -0.05) is 11.3 Å². The molecule has 1 N–H and O–H groups in total. The average molecular weight is 358 g/mol. The number of alkyl halides is 2. The minimum Gasteiger partial charge on any atom is -0.296 e. The normalized spacial score (nSPS) is 11.1. The predicted molar refractivity (Wildman–Crippen MR) is 83.0 cm³/mol. The minimum absolute atomic E-state index is 0.0465. The Morgan fingerprint density at radius 1 is 1.32 bits per heavy atom. The molecule has 3 aromatic rings. The molecule has 0 bridgehead atoms. The third-order valence-electron chi connectivity index (χ3n) is 2.62. The molecular weight excluding hydrogens is 350 g/mol. The van der Waals surface area contributed by atoms with Gasteiger partial charge < -0.3 is 0 Å². The van der Waals surface area contributed by atoms with Gasteiger partial charge in [0.1, 0.15) is 9.88 Å². The van der Waals surface area contributed by atoms with Gasteiger partial charge in [-0.2, -0.15) is 11.3 Å². The number of amides is 1. The molecular formula is C12H8F2N4OS3. The lowest BCUT2D eigenvalue weighted by Crippen LogP contribution is -2.11. The highest BCUT2D eigenvalue weighted by molar-refractivity contribution is 7.18. The summed E-state index contributed by atoms with van der Waals surface area (Å²) >= 11 is 3.45. The summed E-state index contributed by atoms with van der Waals surface area (Å²) in [5, 5.41) is 13.6. The van der Waals surface area contributed by atoms with Crippen LogP contribution in [0.3, 0.4) is 0 Å². The second-order valence-electron chi connectivity index (χ2n) is 4.15. The zero-order valence-corrected chi connectivity index (χ0v) is 13.5. The molecule has 3 heterocycles. The SMILES string of the molecule is Cc1nc(-c2ccsc2)sc1C(=O)Nc1nnc(C(F)F)s1. The Morgan fingerprint density at radius 3 is 2.77 bits per heavy atom. The van der Waals surface area contributed by atoms with E-state index in [0.29, 0.717) is 21.9 Å². The van der Waals surface area contributed by atoms with Crippen LogP contribution in [0.15, 0.2) is 16.8 Å². The summed E-state index contributed by atoms with van der Waals surface area (Å²) in [5.41, 5.74) is 1.54. The van der Waals surface area contributed by atoms with Crippen LogP contribution in [-0.2, 0) is 0 Å². The van der Waals surface area contributed by atoms with Gasteiger partial charge in [-0.15, -0.1) is 21.5 Å². The largest absolute Gasteiger partial charge is 0.296 e. The van der Waals surface area contributed by atoms with Gasteiger partial charge in [0.05, 0.1) is 5.69 Å². The Balaban J connectivity index is 1.80. The van der Waals surface area contributed by atoms with Gasteiger partial charge in [0.2, 0.25) is 5.13 Å². The van der Waals surface area contributed by atoms with E-state index < -0.39 is 17.3 Å². The first kappa shape index (κ1) is 15.1. The van der Waals surface area contributed by atoms with E-state index in [1.807, 2.05) is 16.8 Å². The zero-order chi connectivity index (χ0) is 15.7. The van der Waals surface area contributed by atoms with Crippen molar-refractivity contribution >= 4 is 45.0 Å². The van der Waals surface area contributed by atoms with Crippen LogP contribution < -0.4 is 5.32 Å². The predicted octanol–water partition coefficient (Wildman–Crippen LogP) is 4.22. The molecule has 114 valence electrons. The molecule has 22 heavy (non-hydrogen) atoms. The van der Waals surface area contributed by atoms with E-state index in [0.717, 1.165) is 10.6 Å². The van der Waals surface area contributed by atoms with Crippen molar-refractivity contribution in [3.63, 3.8) is 0 Å². The van der Waals surface area contributed by atoms with E-state index in [9.17, 15) is 13.6 Å². The van der Waals surface area contributed by atoms with Gasteiger partial charge in [-0.3, -0.25) is 10.1 Å². The number of carbonyl (C=O) groups is 1. The summed E-state index contributed by atoms with van der Waals surface area (Å²) < 4.78 is 24.9. The number of anilines is 1. The molecule has 0 radical (unpaired) electrons. The van der Waals surface area contributed by atoms with Gasteiger partial charge in [0.25, 0.3) is 12.3 Å². The Hall–Kier alpha value is -1.78. The molecule has 3 aromatic heterocycles. The smallest absolute Gasteiger partial charge is 0.291 e. The van der Waals surface area contributed by atoms with Gasteiger partial charge in [-0.25, -0.2) is 13.8 Å². The van der Waals surface area contributed by atoms with Crippen molar-refractivity contribution < 1.29 is 13.6 Å². The number of carbonyl (C=O) groups excluding carboxylic acids is 1. The molecule has 0 saturated carbocycles. The highest BCUT2D eigenvalue weighted by atomic mass is 32.1. The van der Waals surface area contributed by atoms with Gasteiger partial charge >= 0.3 is 0 Å². The standard InChI is InChI=1S/C12H8F2N4OS3/c1-5-7(21-10(15-5)6-2-3-20-4-6)9(19)16-12-18-17-11(22-12)8(13)14/h2-4,8H,1H3,(H,16,18,19). The van der Waals surface area contributed by atoms with Crippen molar-refractivity contribution in [2.24, 2.45) is 0 Å². The topological polar surface area (TPSA) is 67.8 Å². The second-order valence-corrected chi connectivity index (χ2v) is 6.93. The van der Waals surface area contributed by atoms with E-state index in [2.05, 4.69) is 20.5 Å². The first-order valence-electron chi connectivity index (χ1n) is 5.97. The number of halogens is 2. The van der Waals surface area contributed by atoms with Gasteiger partial charge in [-0.05, 0) is 18.4 Å². The van der Waals surface area contributed by atoms with Crippen molar-refractivity contribution in [1.82, 2.24) is 15.2 Å². The van der Waals surface area contributed by atoms with Crippen molar-refractivity contribution in [3.8, 4) is 10.6 Å². The number of nitrogens with zero attached hydrogens (tertiary/aromatic N) is 3. The van der Waals surface area contributed by atoms with Crippen LogP contribution in [-0.4, -0.2) is 21.1 Å². The van der Waals surface area contributed by atoms with E-state index in [1.165, 1.54) is 11.3 Å². The molecule has 0 aliphatic heterocycles. The van der Waals surface area contributed by atoms with Crippen LogP contribution in [0.1, 0.15) is 26.8 Å². The number of nitrogens with one attached hydrogen (secondary N) is 1. The Morgan fingerprint density at radius 2 is 2.14 bits per heavy atom. The molecule has 0 fully saturated rings. The lowest BCUT2D eigenvalue weighted by atomic mass is 10.3. The fourth-order valence-corrected chi connectivity index (χ4v) is 3.91. The summed E-state index contributed by atoms with van der Waals surface area (Å²) in [6.45, 7) is 1.73. The van der Waals surface area contributed by atoms with Crippen LogP contribution in [0.4, 0.5) is 13.9 Å². The van der Waals surface area contributed by atoms with E-state index in [-0.39, 0.29) is 5.13 Å². The van der Waals surface area contributed by atoms with Crippen molar-refractivity contribution in [2.45, 2.75) is 13.3 Å². The summed E-state index contributed by atoms with van der Waals surface area (Å²) in [6, 6.07) is 1.92.